The largest absolute Gasteiger partial charge is 0.392 e. The van der Waals surface area contributed by atoms with Crippen LogP contribution in [0, 0.1) is 3.57 Å². The topological polar surface area (TPSA) is 20.2 Å². The lowest BCUT2D eigenvalue weighted by Crippen LogP contribution is -2.22. The monoisotopic (exact) mass is 302 g/mol. The molecular formula is C12H15IO. The van der Waals surface area contributed by atoms with Gasteiger partial charge in [0.05, 0.1) is 6.10 Å². The molecular weight excluding hydrogens is 287 g/mol. The average Bonchev–Trinajstić information content (AvgIpc) is 2.20. The second-order valence-electron chi connectivity index (χ2n) is 4.01. The molecule has 1 aromatic rings. The number of hydrogen-bond acceptors (Lipinski definition) is 1. The van der Waals surface area contributed by atoms with E-state index in [1.54, 1.807) is 0 Å². The van der Waals surface area contributed by atoms with E-state index in [1.165, 1.54) is 22.0 Å². The van der Waals surface area contributed by atoms with Crippen molar-refractivity contribution in [3.8, 4) is 0 Å². The minimum atomic E-state index is -0.121. The molecule has 2 atom stereocenters. The number of rotatable bonds is 1. The molecule has 0 heterocycles. The highest BCUT2D eigenvalue weighted by Crippen LogP contribution is 2.33. The Balaban J connectivity index is 2.16. The summed E-state index contributed by atoms with van der Waals surface area (Å²) in [6, 6.07) is 8.55. The summed E-state index contributed by atoms with van der Waals surface area (Å²) in [7, 11) is 0. The highest BCUT2D eigenvalue weighted by molar-refractivity contribution is 14.1. The van der Waals surface area contributed by atoms with Gasteiger partial charge in [-0.3, -0.25) is 0 Å². The zero-order valence-corrected chi connectivity index (χ0v) is 10.3. The van der Waals surface area contributed by atoms with E-state index in [9.17, 15) is 5.11 Å². The molecule has 0 saturated heterocycles. The van der Waals surface area contributed by atoms with Gasteiger partial charge in [-0.25, -0.2) is 0 Å². The van der Waals surface area contributed by atoms with Gasteiger partial charge in [-0.2, -0.15) is 0 Å². The molecule has 14 heavy (non-hydrogen) atoms. The van der Waals surface area contributed by atoms with Crippen LogP contribution >= 0.6 is 22.6 Å². The third-order valence-corrected chi connectivity index (χ3v) is 3.75. The summed E-state index contributed by atoms with van der Waals surface area (Å²) in [6.07, 6.45) is 4.43. The fourth-order valence-corrected chi connectivity index (χ4v) is 2.57. The van der Waals surface area contributed by atoms with E-state index in [2.05, 4.69) is 46.9 Å². The normalized spacial score (nSPS) is 27.6. The van der Waals surface area contributed by atoms with Crippen LogP contribution in [-0.2, 0) is 0 Å². The third kappa shape index (κ3) is 2.28. The summed E-state index contributed by atoms with van der Waals surface area (Å²) >= 11 is 2.31. The van der Waals surface area contributed by atoms with Crippen molar-refractivity contribution in [2.45, 2.75) is 37.7 Å². The van der Waals surface area contributed by atoms with Gasteiger partial charge in [-0.15, -0.1) is 0 Å². The van der Waals surface area contributed by atoms with E-state index in [4.69, 9.17) is 0 Å². The van der Waals surface area contributed by atoms with Gasteiger partial charge in [0.15, 0.2) is 0 Å². The molecule has 76 valence electrons. The quantitative estimate of drug-likeness (QED) is 0.789. The van der Waals surface area contributed by atoms with Crippen molar-refractivity contribution in [2.24, 2.45) is 0 Å². The number of hydrogen-bond donors (Lipinski definition) is 1. The third-order valence-electron chi connectivity index (χ3n) is 3.03. The Kier molecular flexibility index (Phi) is 3.44. The zero-order chi connectivity index (χ0) is 9.97. The SMILES string of the molecule is O[C@@H]1CCCC[C@H]1c1ccc(I)cc1. The van der Waals surface area contributed by atoms with Crippen molar-refractivity contribution in [2.75, 3.05) is 0 Å². The maximum absolute atomic E-state index is 9.89. The first kappa shape index (κ1) is 10.4. The van der Waals surface area contributed by atoms with Crippen LogP contribution in [0.25, 0.3) is 0 Å². The second-order valence-corrected chi connectivity index (χ2v) is 5.26. The standard InChI is InChI=1S/C12H15IO/c13-10-7-5-9(6-8-10)11-3-1-2-4-12(11)14/h5-8,11-12,14H,1-4H2/t11-,12+/m0/s1. The van der Waals surface area contributed by atoms with Crippen LogP contribution in [0.3, 0.4) is 0 Å². The Morgan fingerprint density at radius 2 is 1.71 bits per heavy atom. The maximum Gasteiger partial charge on any atom is 0.0608 e. The van der Waals surface area contributed by atoms with Crippen molar-refractivity contribution in [1.82, 2.24) is 0 Å². The molecule has 1 aliphatic rings. The number of aliphatic hydroxyl groups is 1. The van der Waals surface area contributed by atoms with E-state index in [1.807, 2.05) is 0 Å². The van der Waals surface area contributed by atoms with Crippen molar-refractivity contribution in [1.29, 1.82) is 0 Å². The van der Waals surface area contributed by atoms with Crippen molar-refractivity contribution in [3.63, 3.8) is 0 Å². The maximum atomic E-state index is 9.89. The number of aliphatic hydroxyl groups excluding tert-OH is 1. The van der Waals surface area contributed by atoms with Gasteiger partial charge in [0.25, 0.3) is 0 Å². The summed E-state index contributed by atoms with van der Waals surface area (Å²) in [4.78, 5) is 0. The molecule has 1 aliphatic carbocycles. The van der Waals surface area contributed by atoms with Gasteiger partial charge in [0, 0.05) is 9.49 Å². The summed E-state index contributed by atoms with van der Waals surface area (Å²) in [6.45, 7) is 0. The highest BCUT2D eigenvalue weighted by atomic mass is 127. The van der Waals surface area contributed by atoms with Gasteiger partial charge in [-0.05, 0) is 53.1 Å². The molecule has 2 rings (SSSR count). The van der Waals surface area contributed by atoms with Crippen LogP contribution < -0.4 is 0 Å². The summed E-state index contributed by atoms with van der Waals surface area (Å²) in [5.41, 5.74) is 1.30. The van der Waals surface area contributed by atoms with Crippen LogP contribution in [0.4, 0.5) is 0 Å². The summed E-state index contributed by atoms with van der Waals surface area (Å²) < 4.78 is 1.26. The molecule has 1 saturated carbocycles. The lowest BCUT2D eigenvalue weighted by Gasteiger charge is -2.27. The molecule has 0 radical (unpaired) electrons. The Hall–Kier alpha value is -0.0900. The fourth-order valence-electron chi connectivity index (χ4n) is 2.21. The first-order valence-electron chi connectivity index (χ1n) is 5.21. The molecule has 1 fully saturated rings. The molecule has 1 N–H and O–H groups in total. The number of benzene rings is 1. The Labute approximate surface area is 98.7 Å². The smallest absolute Gasteiger partial charge is 0.0608 e. The lowest BCUT2D eigenvalue weighted by molar-refractivity contribution is 0.106. The summed E-state index contributed by atoms with van der Waals surface area (Å²) in [5, 5.41) is 9.89. The van der Waals surface area contributed by atoms with Crippen LogP contribution in [0.2, 0.25) is 0 Å². The van der Waals surface area contributed by atoms with Crippen molar-refractivity contribution in [3.05, 3.63) is 33.4 Å². The fraction of sp³-hybridized carbons (Fsp3) is 0.500. The Morgan fingerprint density at radius 3 is 2.36 bits per heavy atom. The van der Waals surface area contributed by atoms with Crippen LogP contribution in [-0.4, -0.2) is 11.2 Å². The van der Waals surface area contributed by atoms with Crippen LogP contribution in [0.1, 0.15) is 37.2 Å². The Morgan fingerprint density at radius 1 is 1.07 bits per heavy atom. The number of halogens is 1. The predicted octanol–water partition coefficient (Wildman–Crippen LogP) is 3.31. The Bertz CT molecular complexity index is 294. The van der Waals surface area contributed by atoms with Gasteiger partial charge in [0.1, 0.15) is 0 Å². The van der Waals surface area contributed by atoms with Gasteiger partial charge >= 0.3 is 0 Å². The van der Waals surface area contributed by atoms with Crippen LogP contribution in [0.15, 0.2) is 24.3 Å². The molecule has 0 aromatic heterocycles. The van der Waals surface area contributed by atoms with E-state index in [0.717, 1.165) is 12.8 Å². The highest BCUT2D eigenvalue weighted by Gasteiger charge is 2.24. The molecule has 0 aliphatic heterocycles. The molecule has 0 unspecified atom stereocenters. The lowest BCUT2D eigenvalue weighted by atomic mass is 9.82. The van der Waals surface area contributed by atoms with Crippen LogP contribution in [0.5, 0.6) is 0 Å². The minimum Gasteiger partial charge on any atom is -0.392 e. The van der Waals surface area contributed by atoms with Gasteiger partial charge in [-0.1, -0.05) is 25.0 Å². The van der Waals surface area contributed by atoms with E-state index < -0.39 is 0 Å². The molecule has 1 aromatic carbocycles. The molecule has 2 heteroatoms. The molecule has 0 bridgehead atoms. The van der Waals surface area contributed by atoms with E-state index >= 15 is 0 Å². The summed E-state index contributed by atoms with van der Waals surface area (Å²) in [5.74, 6) is 0.376. The minimum absolute atomic E-state index is 0.121. The molecule has 0 amide bonds. The first-order valence-corrected chi connectivity index (χ1v) is 6.29. The van der Waals surface area contributed by atoms with Crippen molar-refractivity contribution >= 4 is 22.6 Å². The van der Waals surface area contributed by atoms with E-state index in [-0.39, 0.29) is 6.10 Å². The van der Waals surface area contributed by atoms with Crippen molar-refractivity contribution < 1.29 is 5.11 Å². The average molecular weight is 302 g/mol. The first-order chi connectivity index (χ1) is 6.77. The van der Waals surface area contributed by atoms with E-state index in [0.29, 0.717) is 5.92 Å². The second kappa shape index (κ2) is 4.62. The molecule has 1 nitrogen and oxygen atoms in total. The van der Waals surface area contributed by atoms with Gasteiger partial charge < -0.3 is 5.11 Å². The zero-order valence-electron chi connectivity index (χ0n) is 8.12. The van der Waals surface area contributed by atoms with Gasteiger partial charge in [0.2, 0.25) is 0 Å². The molecule has 0 spiro atoms. The predicted molar refractivity (Wildman–Crippen MR) is 66.4 cm³/mol.